The third-order valence-corrected chi connectivity index (χ3v) is 3.60. The van der Waals surface area contributed by atoms with Gasteiger partial charge in [-0.05, 0) is 32.6 Å². The Morgan fingerprint density at radius 2 is 2.35 bits per heavy atom. The second-order valence-electron chi connectivity index (χ2n) is 5.18. The highest BCUT2D eigenvalue weighted by molar-refractivity contribution is 5.81. The molecule has 2 aliphatic rings. The lowest BCUT2D eigenvalue weighted by Gasteiger charge is -2.24. The van der Waals surface area contributed by atoms with Gasteiger partial charge in [-0.2, -0.15) is 0 Å². The van der Waals surface area contributed by atoms with Crippen molar-refractivity contribution >= 4 is 5.91 Å². The predicted octanol–water partition coefficient (Wildman–Crippen LogP) is 0.178. The first-order valence-corrected chi connectivity index (χ1v) is 6.40. The quantitative estimate of drug-likeness (QED) is 0.737. The van der Waals surface area contributed by atoms with Crippen LogP contribution in [-0.2, 0) is 14.3 Å². The summed E-state index contributed by atoms with van der Waals surface area (Å²) in [4.78, 5) is 11.9. The number of nitrogens with one attached hydrogen (secondary N) is 1. The normalized spacial score (nSPS) is 37.3. The number of amides is 1. The predicted molar refractivity (Wildman–Crippen MR) is 63.6 cm³/mol. The van der Waals surface area contributed by atoms with Crippen LogP contribution in [0.15, 0.2) is 0 Å². The largest absolute Gasteiger partial charge is 0.373 e. The fourth-order valence-electron chi connectivity index (χ4n) is 2.44. The summed E-state index contributed by atoms with van der Waals surface area (Å²) < 4.78 is 11.2. The Hall–Kier alpha value is -0.650. The Morgan fingerprint density at radius 3 is 2.94 bits per heavy atom. The van der Waals surface area contributed by atoms with Crippen molar-refractivity contribution in [2.24, 2.45) is 5.73 Å². The zero-order valence-electron chi connectivity index (χ0n) is 10.4. The molecule has 2 rings (SSSR count). The highest BCUT2D eigenvalue weighted by Gasteiger charge is 2.33. The van der Waals surface area contributed by atoms with E-state index in [1.165, 1.54) is 0 Å². The van der Waals surface area contributed by atoms with Crippen LogP contribution in [0.3, 0.4) is 0 Å². The minimum absolute atomic E-state index is 0.0299. The topological polar surface area (TPSA) is 73.6 Å². The smallest absolute Gasteiger partial charge is 0.249 e. The molecule has 5 nitrogen and oxygen atoms in total. The van der Waals surface area contributed by atoms with Gasteiger partial charge in [0.15, 0.2) is 0 Å². The zero-order valence-corrected chi connectivity index (χ0v) is 10.4. The van der Waals surface area contributed by atoms with Gasteiger partial charge in [0.1, 0.15) is 6.10 Å². The average Bonchev–Trinajstić information content (AvgIpc) is 2.95. The Bertz CT molecular complexity index is 277. The van der Waals surface area contributed by atoms with Gasteiger partial charge in [-0.1, -0.05) is 0 Å². The molecule has 0 bridgehead atoms. The van der Waals surface area contributed by atoms with E-state index in [4.69, 9.17) is 15.2 Å². The molecule has 5 heteroatoms. The third kappa shape index (κ3) is 3.18. The van der Waals surface area contributed by atoms with Crippen molar-refractivity contribution in [3.8, 4) is 0 Å². The number of carbonyl (C=O) groups excluding carboxylic acids is 1. The van der Waals surface area contributed by atoms with Crippen molar-refractivity contribution in [1.29, 1.82) is 0 Å². The van der Waals surface area contributed by atoms with Gasteiger partial charge in [-0.25, -0.2) is 0 Å². The van der Waals surface area contributed by atoms with Gasteiger partial charge < -0.3 is 20.5 Å². The van der Waals surface area contributed by atoms with Crippen LogP contribution in [-0.4, -0.2) is 43.4 Å². The van der Waals surface area contributed by atoms with E-state index in [9.17, 15) is 4.79 Å². The fraction of sp³-hybridized carbons (Fsp3) is 0.917. The molecule has 0 aromatic rings. The van der Waals surface area contributed by atoms with Crippen molar-refractivity contribution in [1.82, 2.24) is 5.32 Å². The highest BCUT2D eigenvalue weighted by Crippen LogP contribution is 2.24. The van der Waals surface area contributed by atoms with Crippen molar-refractivity contribution in [3.63, 3.8) is 0 Å². The first-order valence-electron chi connectivity index (χ1n) is 6.40. The highest BCUT2D eigenvalue weighted by atomic mass is 16.5. The van der Waals surface area contributed by atoms with Gasteiger partial charge in [0.25, 0.3) is 0 Å². The lowest BCUT2D eigenvalue weighted by molar-refractivity contribution is -0.133. The van der Waals surface area contributed by atoms with Gasteiger partial charge >= 0.3 is 0 Å². The maximum Gasteiger partial charge on any atom is 0.249 e. The first kappa shape index (κ1) is 12.8. The van der Waals surface area contributed by atoms with E-state index in [0.717, 1.165) is 32.3 Å². The van der Waals surface area contributed by atoms with E-state index >= 15 is 0 Å². The second-order valence-corrected chi connectivity index (χ2v) is 5.18. The molecule has 0 aliphatic carbocycles. The van der Waals surface area contributed by atoms with E-state index in [-0.39, 0.29) is 23.7 Å². The molecule has 2 fully saturated rings. The van der Waals surface area contributed by atoms with Crippen molar-refractivity contribution in [3.05, 3.63) is 0 Å². The molecule has 1 amide bonds. The summed E-state index contributed by atoms with van der Waals surface area (Å²) in [5.74, 6) is -0.0299. The molecule has 3 N–H and O–H groups in total. The zero-order chi connectivity index (χ0) is 12.3. The monoisotopic (exact) mass is 242 g/mol. The molecule has 2 aliphatic heterocycles. The van der Waals surface area contributed by atoms with Gasteiger partial charge in [-0.3, -0.25) is 4.79 Å². The van der Waals surface area contributed by atoms with Crippen LogP contribution in [0.25, 0.3) is 0 Å². The summed E-state index contributed by atoms with van der Waals surface area (Å²) in [6, 6.07) is 0. The van der Waals surface area contributed by atoms with Gasteiger partial charge in [0, 0.05) is 19.7 Å². The van der Waals surface area contributed by atoms with Gasteiger partial charge in [-0.15, -0.1) is 0 Å². The molecule has 0 aromatic heterocycles. The van der Waals surface area contributed by atoms with E-state index in [2.05, 4.69) is 5.32 Å². The molecule has 98 valence electrons. The molecule has 0 aromatic carbocycles. The number of carbonyl (C=O) groups is 1. The van der Waals surface area contributed by atoms with Crippen LogP contribution >= 0.6 is 0 Å². The van der Waals surface area contributed by atoms with Crippen molar-refractivity contribution < 1.29 is 14.3 Å². The summed E-state index contributed by atoms with van der Waals surface area (Å²) in [6.07, 6.45) is 3.44. The Balaban J connectivity index is 1.74. The fourth-order valence-corrected chi connectivity index (χ4v) is 2.44. The van der Waals surface area contributed by atoms with E-state index < -0.39 is 0 Å². The van der Waals surface area contributed by atoms with Crippen molar-refractivity contribution in [2.75, 3.05) is 19.7 Å². The number of hydrogen-bond acceptors (Lipinski definition) is 4. The molecular weight excluding hydrogens is 220 g/mol. The lowest BCUT2D eigenvalue weighted by atomic mass is 10.0. The standard InChI is InChI=1S/C12H22N2O3/c1-12(5-2-6-16-12)8-14-11(15)10-4-3-9(7-13)17-10/h9-10H,2-8,13H2,1H3,(H,14,15)/t9-,10+,12?/m1/s1. The maximum absolute atomic E-state index is 11.9. The molecular formula is C12H22N2O3. The molecule has 2 saturated heterocycles. The third-order valence-electron chi connectivity index (χ3n) is 3.60. The minimum atomic E-state index is -0.325. The maximum atomic E-state index is 11.9. The number of rotatable bonds is 4. The van der Waals surface area contributed by atoms with Crippen LogP contribution in [0.4, 0.5) is 0 Å². The SMILES string of the molecule is CC1(CNC(=O)[C@@H]2CC[C@H](CN)O2)CCCO1. The Kier molecular flexibility index (Phi) is 4.01. The minimum Gasteiger partial charge on any atom is -0.373 e. The summed E-state index contributed by atoms with van der Waals surface area (Å²) in [6.45, 7) is 3.89. The molecule has 17 heavy (non-hydrogen) atoms. The summed E-state index contributed by atoms with van der Waals surface area (Å²) >= 11 is 0. The van der Waals surface area contributed by atoms with E-state index in [0.29, 0.717) is 13.1 Å². The molecule has 0 saturated carbocycles. The van der Waals surface area contributed by atoms with Gasteiger partial charge in [0.2, 0.25) is 5.91 Å². The summed E-state index contributed by atoms with van der Waals surface area (Å²) in [7, 11) is 0. The lowest BCUT2D eigenvalue weighted by Crippen LogP contribution is -2.44. The number of ether oxygens (including phenoxy) is 2. The molecule has 0 radical (unpaired) electrons. The van der Waals surface area contributed by atoms with E-state index in [1.54, 1.807) is 0 Å². The molecule has 3 atom stereocenters. The first-order chi connectivity index (χ1) is 8.13. The summed E-state index contributed by atoms with van der Waals surface area (Å²) in [5.41, 5.74) is 5.32. The van der Waals surface area contributed by atoms with Crippen LogP contribution in [0.1, 0.15) is 32.6 Å². The Morgan fingerprint density at radius 1 is 1.53 bits per heavy atom. The van der Waals surface area contributed by atoms with Gasteiger partial charge in [0.05, 0.1) is 11.7 Å². The average molecular weight is 242 g/mol. The second kappa shape index (κ2) is 5.33. The van der Waals surface area contributed by atoms with Crippen LogP contribution in [0, 0.1) is 0 Å². The number of hydrogen-bond donors (Lipinski definition) is 2. The molecule has 0 spiro atoms. The molecule has 1 unspecified atom stereocenters. The van der Waals surface area contributed by atoms with E-state index in [1.807, 2.05) is 6.92 Å². The van der Waals surface area contributed by atoms with Crippen LogP contribution < -0.4 is 11.1 Å². The van der Waals surface area contributed by atoms with Crippen LogP contribution in [0.2, 0.25) is 0 Å². The molecule has 2 heterocycles. The van der Waals surface area contributed by atoms with Crippen molar-refractivity contribution in [2.45, 2.75) is 50.4 Å². The number of nitrogens with two attached hydrogens (primary N) is 1. The van der Waals surface area contributed by atoms with Crippen LogP contribution in [0.5, 0.6) is 0 Å². The Labute approximate surface area is 102 Å². The summed E-state index contributed by atoms with van der Waals surface area (Å²) in [5, 5.41) is 2.92.